The second kappa shape index (κ2) is 5.72. The highest BCUT2D eigenvalue weighted by Crippen LogP contribution is 2.32. The fraction of sp³-hybridized carbons (Fsp3) is 0.364. The molecule has 0 aliphatic rings. The molecule has 0 radical (unpaired) electrons. The van der Waals surface area contributed by atoms with Gasteiger partial charge in [-0.1, -0.05) is 0 Å². The van der Waals surface area contributed by atoms with Gasteiger partial charge in [-0.2, -0.15) is 13.2 Å². The van der Waals surface area contributed by atoms with Crippen LogP contribution in [0.15, 0.2) is 18.2 Å². The molecule has 1 aromatic rings. The number of halogens is 3. The molecule has 0 fully saturated rings. The lowest BCUT2D eigenvalue weighted by atomic mass is 10.1. The second-order valence-corrected chi connectivity index (χ2v) is 3.49. The average Bonchev–Trinajstić information content (AvgIpc) is 2.27. The van der Waals surface area contributed by atoms with Crippen LogP contribution in [0.5, 0.6) is 0 Å². The molecule has 0 bridgehead atoms. The molecule has 0 unspecified atom stereocenters. The summed E-state index contributed by atoms with van der Waals surface area (Å²) in [5, 5.41) is 2.37. The van der Waals surface area contributed by atoms with Crippen LogP contribution in [-0.4, -0.2) is 19.1 Å². The lowest BCUT2D eigenvalue weighted by molar-refractivity contribution is -0.137. The summed E-state index contributed by atoms with van der Waals surface area (Å²) in [7, 11) is 0. The first-order valence-electron chi connectivity index (χ1n) is 5.19. The molecule has 3 N–H and O–H groups in total. The molecule has 0 aromatic heterocycles. The van der Waals surface area contributed by atoms with Crippen molar-refractivity contribution in [2.45, 2.75) is 13.1 Å². The van der Waals surface area contributed by atoms with Crippen LogP contribution in [0.3, 0.4) is 0 Å². The first-order chi connectivity index (χ1) is 8.34. The van der Waals surface area contributed by atoms with Gasteiger partial charge in [-0.25, -0.2) is 0 Å². The number of nitrogens with two attached hydrogens (primary N) is 1. The summed E-state index contributed by atoms with van der Waals surface area (Å²) >= 11 is 0. The molecular weight excluding hydrogens is 249 g/mol. The second-order valence-electron chi connectivity index (χ2n) is 3.49. The summed E-state index contributed by atoms with van der Waals surface area (Å²) < 4.78 is 41.9. The highest BCUT2D eigenvalue weighted by molar-refractivity contribution is 5.94. The summed E-state index contributed by atoms with van der Waals surface area (Å²) in [6, 6.07) is 2.74. The van der Waals surface area contributed by atoms with Crippen molar-refractivity contribution >= 4 is 17.3 Å². The summed E-state index contributed by atoms with van der Waals surface area (Å²) in [5.41, 5.74) is 4.57. The third-order valence-corrected chi connectivity index (χ3v) is 2.09. The summed E-state index contributed by atoms with van der Waals surface area (Å²) in [4.78, 5) is 11.3. The third kappa shape index (κ3) is 3.92. The van der Waals surface area contributed by atoms with E-state index in [1.807, 2.05) is 0 Å². The summed E-state index contributed by atoms with van der Waals surface area (Å²) in [5.74, 6) is -0.469. The molecule has 18 heavy (non-hydrogen) atoms. The normalized spacial score (nSPS) is 11.3. The van der Waals surface area contributed by atoms with E-state index >= 15 is 0 Å². The number of ether oxygens (including phenoxy) is 1. The van der Waals surface area contributed by atoms with Crippen LogP contribution in [0, 0.1) is 0 Å². The zero-order valence-electron chi connectivity index (χ0n) is 9.67. The maximum atomic E-state index is 12.4. The van der Waals surface area contributed by atoms with Crippen molar-refractivity contribution in [1.29, 1.82) is 0 Å². The number of alkyl halides is 3. The van der Waals surface area contributed by atoms with Gasteiger partial charge in [-0.3, -0.25) is 4.79 Å². The topological polar surface area (TPSA) is 64.3 Å². The molecule has 0 heterocycles. The summed E-state index contributed by atoms with van der Waals surface area (Å²) in [6.07, 6.45) is -4.46. The van der Waals surface area contributed by atoms with Gasteiger partial charge in [0.15, 0.2) is 0 Å². The van der Waals surface area contributed by atoms with Crippen LogP contribution >= 0.6 is 0 Å². The predicted octanol–water partition coefficient (Wildman–Crippen LogP) is 2.26. The number of nitrogens with one attached hydrogen (secondary N) is 1. The molecule has 0 saturated heterocycles. The fourth-order valence-corrected chi connectivity index (χ4v) is 1.23. The molecule has 7 heteroatoms. The van der Waals surface area contributed by atoms with Crippen molar-refractivity contribution in [2.24, 2.45) is 0 Å². The van der Waals surface area contributed by atoms with Crippen LogP contribution in [-0.2, 0) is 15.7 Å². The van der Waals surface area contributed by atoms with E-state index in [0.717, 1.165) is 18.2 Å². The quantitative estimate of drug-likeness (QED) is 0.818. The smallest absolute Gasteiger partial charge is 0.397 e. The standard InChI is InChI=1S/C11H13F3N2O2/c1-2-18-6-10(17)16-9-4-3-7(5-8(9)15)11(12,13)14/h3-5H,2,6,15H2,1H3,(H,16,17). The number of anilines is 2. The van der Waals surface area contributed by atoms with Crippen LogP contribution in [0.25, 0.3) is 0 Å². The van der Waals surface area contributed by atoms with Gasteiger partial charge in [0, 0.05) is 6.61 Å². The summed E-state index contributed by atoms with van der Waals surface area (Å²) in [6.45, 7) is 1.92. The van der Waals surface area contributed by atoms with E-state index in [0.29, 0.717) is 6.61 Å². The van der Waals surface area contributed by atoms with Gasteiger partial charge in [-0.15, -0.1) is 0 Å². The van der Waals surface area contributed by atoms with Crippen LogP contribution in [0.4, 0.5) is 24.5 Å². The van der Waals surface area contributed by atoms with Gasteiger partial charge in [-0.05, 0) is 25.1 Å². The third-order valence-electron chi connectivity index (χ3n) is 2.09. The molecule has 0 saturated carbocycles. The van der Waals surface area contributed by atoms with E-state index in [1.54, 1.807) is 6.92 Å². The first kappa shape index (κ1) is 14.3. The Hall–Kier alpha value is -1.76. The minimum Gasteiger partial charge on any atom is -0.397 e. The van der Waals surface area contributed by atoms with E-state index in [1.165, 1.54) is 0 Å². The Morgan fingerprint density at radius 3 is 2.61 bits per heavy atom. The van der Waals surface area contributed by atoms with Crippen molar-refractivity contribution in [1.82, 2.24) is 0 Å². The molecule has 0 aliphatic carbocycles. The maximum absolute atomic E-state index is 12.4. The SMILES string of the molecule is CCOCC(=O)Nc1ccc(C(F)(F)F)cc1N. The van der Waals surface area contributed by atoms with Crippen molar-refractivity contribution in [3.8, 4) is 0 Å². The van der Waals surface area contributed by atoms with E-state index in [9.17, 15) is 18.0 Å². The van der Waals surface area contributed by atoms with E-state index in [-0.39, 0.29) is 18.0 Å². The largest absolute Gasteiger partial charge is 0.416 e. The lowest BCUT2D eigenvalue weighted by Crippen LogP contribution is -2.19. The predicted molar refractivity (Wildman–Crippen MR) is 61.0 cm³/mol. The number of carbonyl (C=O) groups excluding carboxylic acids is 1. The zero-order chi connectivity index (χ0) is 13.8. The van der Waals surface area contributed by atoms with Crippen LogP contribution < -0.4 is 11.1 Å². The van der Waals surface area contributed by atoms with Gasteiger partial charge < -0.3 is 15.8 Å². The number of benzene rings is 1. The molecule has 100 valence electrons. The molecule has 0 atom stereocenters. The highest BCUT2D eigenvalue weighted by Gasteiger charge is 2.30. The minimum atomic E-state index is -4.46. The Balaban J connectivity index is 2.77. The Labute approximate surface area is 102 Å². The monoisotopic (exact) mass is 262 g/mol. The molecule has 1 aromatic carbocycles. The Kier molecular flexibility index (Phi) is 4.55. The molecule has 4 nitrogen and oxygen atoms in total. The number of hydrogen-bond acceptors (Lipinski definition) is 3. The van der Waals surface area contributed by atoms with Gasteiger partial charge in [0.05, 0.1) is 16.9 Å². The van der Waals surface area contributed by atoms with Crippen molar-refractivity contribution < 1.29 is 22.7 Å². The number of carbonyl (C=O) groups is 1. The van der Waals surface area contributed by atoms with Crippen molar-refractivity contribution in [3.05, 3.63) is 23.8 Å². The highest BCUT2D eigenvalue weighted by atomic mass is 19.4. The molecule has 0 aliphatic heterocycles. The number of nitrogen functional groups attached to an aromatic ring is 1. The van der Waals surface area contributed by atoms with Gasteiger partial charge in [0.2, 0.25) is 5.91 Å². The van der Waals surface area contributed by atoms with E-state index < -0.39 is 17.6 Å². The van der Waals surface area contributed by atoms with Gasteiger partial charge >= 0.3 is 6.18 Å². The number of hydrogen-bond donors (Lipinski definition) is 2. The number of amides is 1. The Morgan fingerprint density at radius 2 is 2.11 bits per heavy atom. The van der Waals surface area contributed by atoms with Crippen LogP contribution in [0.2, 0.25) is 0 Å². The Bertz CT molecular complexity index is 433. The van der Waals surface area contributed by atoms with Crippen molar-refractivity contribution in [2.75, 3.05) is 24.3 Å². The fourth-order valence-electron chi connectivity index (χ4n) is 1.23. The molecule has 1 amide bonds. The van der Waals surface area contributed by atoms with Crippen molar-refractivity contribution in [3.63, 3.8) is 0 Å². The molecule has 0 spiro atoms. The van der Waals surface area contributed by atoms with E-state index in [4.69, 9.17) is 10.5 Å². The molecular formula is C11H13F3N2O2. The lowest BCUT2D eigenvalue weighted by Gasteiger charge is -2.11. The van der Waals surface area contributed by atoms with Gasteiger partial charge in [0.25, 0.3) is 0 Å². The van der Waals surface area contributed by atoms with Crippen LogP contribution in [0.1, 0.15) is 12.5 Å². The maximum Gasteiger partial charge on any atom is 0.416 e. The number of rotatable bonds is 4. The molecule has 1 rings (SSSR count). The minimum absolute atomic E-state index is 0.132. The Morgan fingerprint density at radius 1 is 1.44 bits per heavy atom. The van der Waals surface area contributed by atoms with Gasteiger partial charge in [0.1, 0.15) is 6.61 Å². The van der Waals surface area contributed by atoms with E-state index in [2.05, 4.69) is 5.32 Å². The first-order valence-corrected chi connectivity index (χ1v) is 5.19. The average molecular weight is 262 g/mol. The zero-order valence-corrected chi connectivity index (χ0v) is 9.67.